The molecule has 3 heteroatoms. The van der Waals surface area contributed by atoms with Crippen LogP contribution < -0.4 is 9.80 Å². The summed E-state index contributed by atoms with van der Waals surface area (Å²) in [5.74, 6) is 0. The molecule has 0 amide bonds. The van der Waals surface area contributed by atoms with Gasteiger partial charge in [-0.1, -0.05) is 152 Å². The lowest BCUT2D eigenvalue weighted by atomic mass is 10.0. The van der Waals surface area contributed by atoms with E-state index in [1.165, 1.54) is 63.6 Å². The zero-order valence-corrected chi connectivity index (χ0v) is 31.9. The fourth-order valence-corrected chi connectivity index (χ4v) is 9.72. The molecule has 0 spiro atoms. The Labute approximate surface area is 335 Å². The molecule has 11 aromatic rings. The van der Waals surface area contributed by atoms with Gasteiger partial charge in [0.2, 0.25) is 0 Å². The van der Waals surface area contributed by atoms with E-state index in [0.29, 0.717) is 0 Å². The highest BCUT2D eigenvalue weighted by molar-refractivity contribution is 7.27. The third-order valence-electron chi connectivity index (χ3n) is 11.1. The van der Waals surface area contributed by atoms with Gasteiger partial charge in [-0.3, -0.25) is 0 Å². The van der Waals surface area contributed by atoms with Crippen molar-refractivity contribution >= 4 is 98.0 Å². The summed E-state index contributed by atoms with van der Waals surface area (Å²) in [5.41, 5.74) is 9.09. The lowest BCUT2D eigenvalue weighted by Gasteiger charge is -2.30. The maximum atomic E-state index is 2.45. The predicted molar refractivity (Wildman–Crippen MR) is 247 cm³/mol. The van der Waals surface area contributed by atoms with E-state index in [1.807, 2.05) is 11.3 Å². The first-order valence-corrected chi connectivity index (χ1v) is 20.2. The molecule has 57 heavy (non-hydrogen) atoms. The van der Waals surface area contributed by atoms with Crippen LogP contribution in [-0.4, -0.2) is 0 Å². The van der Waals surface area contributed by atoms with E-state index in [9.17, 15) is 0 Å². The molecular weight excluding hydrogens is 709 g/mol. The van der Waals surface area contributed by atoms with E-state index in [1.54, 1.807) is 0 Å². The maximum Gasteiger partial charge on any atom is 0.0661 e. The van der Waals surface area contributed by atoms with Crippen molar-refractivity contribution in [3.8, 4) is 11.1 Å². The van der Waals surface area contributed by atoms with Crippen LogP contribution >= 0.6 is 11.3 Å². The van der Waals surface area contributed by atoms with Crippen molar-refractivity contribution in [1.82, 2.24) is 0 Å². The average molecular weight is 745 g/mol. The van der Waals surface area contributed by atoms with E-state index in [-0.39, 0.29) is 0 Å². The molecule has 1 heterocycles. The summed E-state index contributed by atoms with van der Waals surface area (Å²) in [4.78, 5) is 4.87. The highest BCUT2D eigenvalue weighted by Gasteiger charge is 2.23. The van der Waals surface area contributed by atoms with E-state index in [2.05, 4.69) is 228 Å². The summed E-state index contributed by atoms with van der Waals surface area (Å²) < 4.78 is 2.56. The fourth-order valence-electron chi connectivity index (χ4n) is 8.40. The first-order valence-electron chi connectivity index (χ1n) is 19.4. The minimum Gasteiger partial charge on any atom is -0.310 e. The average Bonchev–Trinajstić information content (AvgIpc) is 3.67. The van der Waals surface area contributed by atoms with E-state index in [0.717, 1.165) is 34.1 Å². The maximum absolute atomic E-state index is 2.45. The molecule has 0 aliphatic carbocycles. The second-order valence-corrected chi connectivity index (χ2v) is 15.6. The van der Waals surface area contributed by atoms with Crippen molar-refractivity contribution in [2.75, 3.05) is 9.80 Å². The zero-order chi connectivity index (χ0) is 37.7. The van der Waals surface area contributed by atoms with Crippen molar-refractivity contribution in [2.24, 2.45) is 0 Å². The molecule has 0 saturated heterocycles. The monoisotopic (exact) mass is 744 g/mol. The number of benzene rings is 10. The van der Waals surface area contributed by atoms with Gasteiger partial charge in [0, 0.05) is 43.9 Å². The molecule has 0 aliphatic heterocycles. The van der Waals surface area contributed by atoms with Crippen LogP contribution in [0.2, 0.25) is 0 Å². The molecule has 0 unspecified atom stereocenters. The van der Waals surface area contributed by atoms with Gasteiger partial charge in [-0.25, -0.2) is 0 Å². The van der Waals surface area contributed by atoms with Gasteiger partial charge < -0.3 is 9.80 Å². The molecule has 1 aromatic heterocycles. The zero-order valence-electron chi connectivity index (χ0n) is 31.1. The normalized spacial score (nSPS) is 11.5. The molecule has 268 valence electrons. The van der Waals surface area contributed by atoms with Gasteiger partial charge in [-0.05, 0) is 110 Å². The van der Waals surface area contributed by atoms with Crippen molar-refractivity contribution in [3.63, 3.8) is 0 Å². The number of nitrogens with zero attached hydrogens (tertiary/aromatic N) is 2. The highest BCUT2D eigenvalue weighted by Crippen LogP contribution is 2.50. The van der Waals surface area contributed by atoms with Crippen LogP contribution in [-0.2, 0) is 0 Å². The number of anilines is 6. The van der Waals surface area contributed by atoms with E-state index < -0.39 is 0 Å². The van der Waals surface area contributed by atoms with Crippen molar-refractivity contribution in [2.45, 2.75) is 0 Å². The number of hydrogen-bond acceptors (Lipinski definition) is 3. The molecule has 2 nitrogen and oxygen atoms in total. The molecule has 0 aliphatic rings. The second kappa shape index (κ2) is 13.8. The molecule has 0 atom stereocenters. The number of rotatable bonds is 7. The van der Waals surface area contributed by atoms with Crippen LogP contribution in [0.25, 0.3) is 63.6 Å². The quantitative estimate of drug-likeness (QED) is 0.160. The Balaban J connectivity index is 1.20. The van der Waals surface area contributed by atoms with Crippen LogP contribution in [0.3, 0.4) is 0 Å². The Hall–Kier alpha value is -7.20. The van der Waals surface area contributed by atoms with Crippen LogP contribution in [0, 0.1) is 0 Å². The Morgan fingerprint density at radius 3 is 1.58 bits per heavy atom. The molecular formula is C54H36N2S. The number of hydrogen-bond donors (Lipinski definition) is 0. The summed E-state index contributed by atoms with van der Waals surface area (Å²) in [6, 6.07) is 79.5. The standard InChI is InChI=1S/C54H36N2S/c1-4-14-37(15-5-1)42-25-24-39-27-29-46(34-43(39)32-42)55(44-19-6-2-7-20-44)48-35-51-50-31-28-40-17-12-13-23-49(40)53(50)57-54(51)52(36-48)56(45-21-8-3-9-22-45)47-30-26-38-16-10-11-18-41(38)33-47/h1-36H. The van der Waals surface area contributed by atoms with Crippen molar-refractivity contribution < 1.29 is 0 Å². The molecule has 0 fully saturated rings. The van der Waals surface area contributed by atoms with Gasteiger partial charge in [0.1, 0.15) is 0 Å². The van der Waals surface area contributed by atoms with Gasteiger partial charge in [0.05, 0.1) is 10.4 Å². The molecule has 0 saturated carbocycles. The summed E-state index contributed by atoms with van der Waals surface area (Å²) in [5, 5.41) is 9.89. The third-order valence-corrected chi connectivity index (χ3v) is 12.4. The molecule has 11 rings (SSSR count). The van der Waals surface area contributed by atoms with Gasteiger partial charge in [0.15, 0.2) is 0 Å². The van der Waals surface area contributed by atoms with Crippen LogP contribution in [0.4, 0.5) is 34.1 Å². The number of thiophene rings is 1. The van der Waals surface area contributed by atoms with E-state index in [4.69, 9.17) is 0 Å². The van der Waals surface area contributed by atoms with Crippen LogP contribution in [0.1, 0.15) is 0 Å². The second-order valence-electron chi connectivity index (χ2n) is 14.6. The minimum atomic E-state index is 1.09. The Kier molecular flexibility index (Phi) is 8.04. The SMILES string of the molecule is c1ccc(-c2ccc3ccc(N(c4ccccc4)c4cc(N(c5ccccc5)c5ccc6ccccc6c5)c5sc6c7ccccc7ccc6c5c4)cc3c2)cc1. The van der Waals surface area contributed by atoms with Crippen molar-refractivity contribution in [3.05, 3.63) is 218 Å². The first kappa shape index (κ1) is 33.2. The van der Waals surface area contributed by atoms with Crippen LogP contribution in [0.15, 0.2) is 218 Å². The summed E-state index contributed by atoms with van der Waals surface area (Å²) >= 11 is 1.89. The summed E-state index contributed by atoms with van der Waals surface area (Å²) in [7, 11) is 0. The third kappa shape index (κ3) is 5.88. The first-order chi connectivity index (χ1) is 28.2. The topological polar surface area (TPSA) is 6.48 Å². The Bertz CT molecular complexity index is 3240. The Morgan fingerprint density at radius 1 is 0.263 bits per heavy atom. The molecule has 0 N–H and O–H groups in total. The van der Waals surface area contributed by atoms with Gasteiger partial charge in [0.25, 0.3) is 0 Å². The summed E-state index contributed by atoms with van der Waals surface area (Å²) in [6.45, 7) is 0. The highest BCUT2D eigenvalue weighted by atomic mass is 32.1. The number of fused-ring (bicyclic) bond motifs is 7. The smallest absolute Gasteiger partial charge is 0.0661 e. The number of para-hydroxylation sites is 2. The van der Waals surface area contributed by atoms with Crippen LogP contribution in [0.5, 0.6) is 0 Å². The lowest BCUT2D eigenvalue weighted by molar-refractivity contribution is 1.27. The minimum absolute atomic E-state index is 1.09. The van der Waals surface area contributed by atoms with Gasteiger partial charge >= 0.3 is 0 Å². The molecule has 0 bridgehead atoms. The van der Waals surface area contributed by atoms with Gasteiger partial charge in [-0.2, -0.15) is 0 Å². The largest absolute Gasteiger partial charge is 0.310 e. The summed E-state index contributed by atoms with van der Waals surface area (Å²) in [6.07, 6.45) is 0. The molecule has 10 aromatic carbocycles. The van der Waals surface area contributed by atoms with E-state index >= 15 is 0 Å². The van der Waals surface area contributed by atoms with Crippen molar-refractivity contribution in [1.29, 1.82) is 0 Å². The van der Waals surface area contributed by atoms with Gasteiger partial charge in [-0.15, -0.1) is 11.3 Å². The predicted octanol–water partition coefficient (Wildman–Crippen LogP) is 16.1. The fraction of sp³-hybridized carbons (Fsp3) is 0. The Morgan fingerprint density at radius 2 is 0.825 bits per heavy atom. The molecule has 0 radical (unpaired) electrons. The lowest BCUT2D eigenvalue weighted by Crippen LogP contribution is -2.13.